The molecule has 1 nitrogen and oxygen atoms in total. The van der Waals surface area contributed by atoms with Crippen LogP contribution < -0.4 is 0 Å². The standard InChI is InChI=1S/C9H6BrClO/c10-5-1-2-7-3-4-8(11)6-9(7)12/h3-4,6,12H,5H2. The van der Waals surface area contributed by atoms with Crippen molar-refractivity contribution in [1.29, 1.82) is 0 Å². The van der Waals surface area contributed by atoms with Crippen LogP contribution in [0.1, 0.15) is 5.56 Å². The fourth-order valence-corrected chi connectivity index (χ4v) is 1.05. The molecule has 1 aromatic carbocycles. The summed E-state index contributed by atoms with van der Waals surface area (Å²) in [6.07, 6.45) is 0. The zero-order valence-electron chi connectivity index (χ0n) is 6.14. The lowest BCUT2D eigenvalue weighted by atomic mass is 10.2. The Labute approximate surface area is 84.5 Å². The van der Waals surface area contributed by atoms with Gasteiger partial charge in [0.05, 0.1) is 10.9 Å². The highest BCUT2D eigenvalue weighted by atomic mass is 79.9. The average Bonchev–Trinajstić information content (AvgIpc) is 2.03. The van der Waals surface area contributed by atoms with E-state index < -0.39 is 0 Å². The number of alkyl halides is 1. The number of aromatic hydroxyl groups is 1. The Morgan fingerprint density at radius 3 is 2.83 bits per heavy atom. The fourth-order valence-electron chi connectivity index (χ4n) is 0.739. The zero-order chi connectivity index (χ0) is 8.97. The first-order chi connectivity index (χ1) is 5.74. The van der Waals surface area contributed by atoms with Crippen molar-refractivity contribution in [3.05, 3.63) is 28.8 Å². The normalized spacial score (nSPS) is 8.83. The smallest absolute Gasteiger partial charge is 0.132 e. The van der Waals surface area contributed by atoms with E-state index in [-0.39, 0.29) is 5.75 Å². The molecule has 0 amide bonds. The summed E-state index contributed by atoms with van der Waals surface area (Å²) >= 11 is 8.80. The van der Waals surface area contributed by atoms with E-state index in [0.29, 0.717) is 15.9 Å². The molecule has 3 heteroatoms. The van der Waals surface area contributed by atoms with E-state index in [1.807, 2.05) is 0 Å². The summed E-state index contributed by atoms with van der Waals surface area (Å²) in [5, 5.41) is 10.4. The number of halogens is 2. The van der Waals surface area contributed by atoms with Crippen molar-refractivity contribution in [2.75, 3.05) is 5.33 Å². The molecule has 12 heavy (non-hydrogen) atoms. The van der Waals surface area contributed by atoms with E-state index >= 15 is 0 Å². The van der Waals surface area contributed by atoms with E-state index in [9.17, 15) is 5.11 Å². The second-order valence-electron chi connectivity index (χ2n) is 2.10. The highest BCUT2D eigenvalue weighted by molar-refractivity contribution is 9.09. The van der Waals surface area contributed by atoms with Gasteiger partial charge >= 0.3 is 0 Å². The minimum absolute atomic E-state index is 0.121. The first-order valence-corrected chi connectivity index (χ1v) is 4.77. The lowest BCUT2D eigenvalue weighted by Crippen LogP contribution is -1.76. The van der Waals surface area contributed by atoms with Crippen LogP contribution in [0.25, 0.3) is 0 Å². The third-order valence-electron chi connectivity index (χ3n) is 1.25. The lowest BCUT2D eigenvalue weighted by molar-refractivity contribution is 0.474. The Balaban J connectivity index is 3.01. The van der Waals surface area contributed by atoms with Crippen molar-refractivity contribution in [1.82, 2.24) is 0 Å². The fraction of sp³-hybridized carbons (Fsp3) is 0.111. The molecule has 0 aliphatic carbocycles. The van der Waals surface area contributed by atoms with Gasteiger partial charge in [0.25, 0.3) is 0 Å². The van der Waals surface area contributed by atoms with Gasteiger partial charge in [0, 0.05) is 5.02 Å². The van der Waals surface area contributed by atoms with Gasteiger partial charge in [0.2, 0.25) is 0 Å². The minimum Gasteiger partial charge on any atom is -0.507 e. The third-order valence-corrected chi connectivity index (χ3v) is 1.77. The van der Waals surface area contributed by atoms with E-state index in [4.69, 9.17) is 11.6 Å². The first-order valence-electron chi connectivity index (χ1n) is 3.27. The lowest BCUT2D eigenvalue weighted by Gasteiger charge is -1.95. The van der Waals surface area contributed by atoms with Crippen LogP contribution in [0.2, 0.25) is 5.02 Å². The van der Waals surface area contributed by atoms with Gasteiger partial charge in [-0.25, -0.2) is 0 Å². The minimum atomic E-state index is 0.121. The molecule has 0 spiro atoms. The molecule has 0 unspecified atom stereocenters. The highest BCUT2D eigenvalue weighted by Gasteiger charge is 1.96. The maximum atomic E-state index is 9.32. The third kappa shape index (κ3) is 2.44. The number of benzene rings is 1. The Bertz CT molecular complexity index is 338. The van der Waals surface area contributed by atoms with Crippen molar-refractivity contribution >= 4 is 27.5 Å². The number of hydrogen-bond donors (Lipinski definition) is 1. The van der Waals surface area contributed by atoms with Crippen LogP contribution in [0.4, 0.5) is 0 Å². The summed E-state index contributed by atoms with van der Waals surface area (Å²) in [4.78, 5) is 0. The van der Waals surface area contributed by atoms with Gasteiger partial charge in [-0.3, -0.25) is 0 Å². The molecular weight excluding hydrogens is 239 g/mol. The predicted molar refractivity (Wildman–Crippen MR) is 53.8 cm³/mol. The topological polar surface area (TPSA) is 20.2 Å². The average molecular weight is 246 g/mol. The number of phenolic OH excluding ortho intramolecular Hbond substituents is 1. The largest absolute Gasteiger partial charge is 0.507 e. The Kier molecular flexibility index (Phi) is 3.46. The first kappa shape index (κ1) is 9.44. The summed E-state index contributed by atoms with van der Waals surface area (Å²) in [6, 6.07) is 4.85. The van der Waals surface area contributed by atoms with Gasteiger partial charge in [0.1, 0.15) is 5.75 Å². The molecule has 0 saturated heterocycles. The highest BCUT2D eigenvalue weighted by Crippen LogP contribution is 2.20. The zero-order valence-corrected chi connectivity index (χ0v) is 8.48. The number of rotatable bonds is 0. The number of phenols is 1. The van der Waals surface area contributed by atoms with Crippen LogP contribution in [-0.4, -0.2) is 10.4 Å². The quantitative estimate of drug-likeness (QED) is 0.550. The van der Waals surface area contributed by atoms with Crippen molar-refractivity contribution in [3.63, 3.8) is 0 Å². The molecule has 0 aromatic heterocycles. The van der Waals surface area contributed by atoms with Crippen molar-refractivity contribution in [2.45, 2.75) is 0 Å². The van der Waals surface area contributed by atoms with Crippen LogP contribution in [0, 0.1) is 11.8 Å². The number of hydrogen-bond acceptors (Lipinski definition) is 1. The van der Waals surface area contributed by atoms with Gasteiger partial charge in [-0.05, 0) is 18.2 Å². The predicted octanol–water partition coefficient (Wildman–Crippen LogP) is 2.79. The van der Waals surface area contributed by atoms with Crippen molar-refractivity contribution in [3.8, 4) is 17.6 Å². The van der Waals surface area contributed by atoms with Crippen LogP contribution in [0.15, 0.2) is 18.2 Å². The molecular formula is C9H6BrClO. The van der Waals surface area contributed by atoms with Crippen LogP contribution in [-0.2, 0) is 0 Å². The molecule has 0 atom stereocenters. The van der Waals surface area contributed by atoms with Gasteiger partial charge in [-0.2, -0.15) is 0 Å². The van der Waals surface area contributed by atoms with E-state index in [0.717, 1.165) is 0 Å². The SMILES string of the molecule is Oc1cc(Cl)ccc1C#CCBr. The van der Waals surface area contributed by atoms with Gasteiger partial charge < -0.3 is 5.11 Å². The van der Waals surface area contributed by atoms with Gasteiger partial charge in [0.15, 0.2) is 0 Å². The molecule has 0 heterocycles. The summed E-state index contributed by atoms with van der Waals surface area (Å²) in [5.41, 5.74) is 0.596. The molecule has 1 N–H and O–H groups in total. The monoisotopic (exact) mass is 244 g/mol. The van der Waals surface area contributed by atoms with Crippen LogP contribution in [0.5, 0.6) is 5.75 Å². The molecule has 1 aromatic rings. The van der Waals surface area contributed by atoms with Crippen molar-refractivity contribution < 1.29 is 5.11 Å². The molecule has 0 saturated carbocycles. The molecule has 62 valence electrons. The van der Waals surface area contributed by atoms with Crippen LogP contribution in [0.3, 0.4) is 0 Å². The summed E-state index contributed by atoms with van der Waals surface area (Å²) in [7, 11) is 0. The molecule has 0 aliphatic rings. The summed E-state index contributed by atoms with van der Waals surface area (Å²) in [6.45, 7) is 0. The van der Waals surface area contributed by atoms with E-state index in [1.165, 1.54) is 6.07 Å². The van der Waals surface area contributed by atoms with Crippen LogP contribution >= 0.6 is 27.5 Å². The van der Waals surface area contributed by atoms with Gasteiger partial charge in [-0.15, -0.1) is 0 Å². The Morgan fingerprint density at radius 1 is 1.50 bits per heavy atom. The second-order valence-corrected chi connectivity index (χ2v) is 3.09. The summed E-state index contributed by atoms with van der Waals surface area (Å²) < 4.78 is 0. The molecule has 1 rings (SSSR count). The summed E-state index contributed by atoms with van der Waals surface area (Å²) in [5.74, 6) is 5.69. The Hall–Kier alpha value is -0.650. The van der Waals surface area contributed by atoms with Crippen molar-refractivity contribution in [2.24, 2.45) is 0 Å². The second kappa shape index (κ2) is 4.39. The maximum Gasteiger partial charge on any atom is 0.132 e. The maximum absolute atomic E-state index is 9.32. The Morgan fingerprint density at radius 2 is 2.25 bits per heavy atom. The molecule has 0 fully saturated rings. The molecule has 0 radical (unpaired) electrons. The van der Waals surface area contributed by atoms with E-state index in [2.05, 4.69) is 27.8 Å². The molecule has 0 aliphatic heterocycles. The van der Waals surface area contributed by atoms with Gasteiger partial charge in [-0.1, -0.05) is 39.4 Å². The van der Waals surface area contributed by atoms with E-state index in [1.54, 1.807) is 12.1 Å². The molecule has 0 bridgehead atoms.